The lowest BCUT2D eigenvalue weighted by Gasteiger charge is -2.36. The van der Waals surface area contributed by atoms with Crippen molar-refractivity contribution >= 4 is 17.2 Å². The van der Waals surface area contributed by atoms with Crippen LogP contribution in [-0.4, -0.2) is 34.4 Å². The number of carbonyl (C=O) groups is 1. The lowest BCUT2D eigenvalue weighted by Crippen LogP contribution is -2.52. The fraction of sp³-hybridized carbons (Fsp3) is 0.714. The van der Waals surface area contributed by atoms with Crippen LogP contribution in [0, 0.1) is 6.92 Å². The Balaban J connectivity index is 2.08. The zero-order valence-electron chi connectivity index (χ0n) is 12.1. The van der Waals surface area contributed by atoms with Crippen molar-refractivity contribution in [2.75, 3.05) is 6.54 Å². The molecule has 1 N–H and O–H groups in total. The maximum atomic E-state index is 12.5. The number of piperidine rings is 1. The van der Waals surface area contributed by atoms with Gasteiger partial charge < -0.3 is 10.2 Å². The summed E-state index contributed by atoms with van der Waals surface area (Å²) in [4.78, 5) is 19.0. The van der Waals surface area contributed by atoms with Crippen LogP contribution in [0.4, 0.5) is 0 Å². The molecular weight excluding hydrogens is 258 g/mol. The number of hydrogen-bond donors (Lipinski definition) is 1. The normalized spacial score (nSPS) is 22.1. The Labute approximate surface area is 119 Å². The van der Waals surface area contributed by atoms with E-state index < -0.39 is 0 Å². The van der Waals surface area contributed by atoms with E-state index in [1.807, 2.05) is 17.2 Å². The Hall–Kier alpha value is -0.940. The minimum Gasteiger partial charge on any atom is -0.332 e. The molecule has 1 aliphatic heterocycles. The molecule has 1 fully saturated rings. The van der Waals surface area contributed by atoms with E-state index >= 15 is 0 Å². The van der Waals surface area contributed by atoms with Crippen molar-refractivity contribution in [1.29, 1.82) is 0 Å². The third kappa shape index (κ3) is 3.34. The molecule has 2 rings (SSSR count). The Bertz CT molecular complexity index is 444. The van der Waals surface area contributed by atoms with Crippen LogP contribution in [0.25, 0.3) is 0 Å². The highest BCUT2D eigenvalue weighted by atomic mass is 32.1. The van der Waals surface area contributed by atoms with Gasteiger partial charge in [0.05, 0.1) is 12.1 Å². The van der Waals surface area contributed by atoms with Crippen LogP contribution in [0.5, 0.6) is 0 Å². The van der Waals surface area contributed by atoms with Crippen LogP contribution < -0.4 is 5.32 Å². The molecule has 2 unspecified atom stereocenters. The summed E-state index contributed by atoms with van der Waals surface area (Å²) in [6.07, 6.45) is 2.00. The molecule has 19 heavy (non-hydrogen) atoms. The highest BCUT2D eigenvalue weighted by molar-refractivity contribution is 7.09. The van der Waals surface area contributed by atoms with Gasteiger partial charge in [0.25, 0.3) is 0 Å². The van der Waals surface area contributed by atoms with Gasteiger partial charge in [-0.05, 0) is 26.7 Å². The van der Waals surface area contributed by atoms with Gasteiger partial charge in [-0.3, -0.25) is 4.79 Å². The first-order valence-electron chi connectivity index (χ1n) is 6.97. The summed E-state index contributed by atoms with van der Waals surface area (Å²) in [7, 11) is 0. The van der Waals surface area contributed by atoms with E-state index in [-0.39, 0.29) is 18.0 Å². The SMILES string of the molecule is Cc1csc(C(C)N2CCCC(NC(C)C)C2=O)n1. The predicted molar refractivity (Wildman–Crippen MR) is 78.3 cm³/mol. The average Bonchev–Trinajstić information content (AvgIpc) is 2.77. The lowest BCUT2D eigenvalue weighted by atomic mass is 10.0. The Kier molecular flexibility index (Phi) is 4.58. The third-order valence-electron chi connectivity index (χ3n) is 3.47. The molecule has 1 aliphatic rings. The number of nitrogens with zero attached hydrogens (tertiary/aromatic N) is 2. The molecule has 0 aliphatic carbocycles. The van der Waals surface area contributed by atoms with Crippen LogP contribution in [-0.2, 0) is 4.79 Å². The fourth-order valence-corrected chi connectivity index (χ4v) is 3.40. The van der Waals surface area contributed by atoms with Crippen molar-refractivity contribution in [2.24, 2.45) is 0 Å². The topological polar surface area (TPSA) is 45.2 Å². The van der Waals surface area contributed by atoms with Crippen molar-refractivity contribution < 1.29 is 4.79 Å². The number of thiazole rings is 1. The van der Waals surface area contributed by atoms with E-state index in [0.717, 1.165) is 30.1 Å². The van der Waals surface area contributed by atoms with Crippen LogP contribution in [0.3, 0.4) is 0 Å². The summed E-state index contributed by atoms with van der Waals surface area (Å²) >= 11 is 1.64. The Morgan fingerprint density at radius 3 is 2.79 bits per heavy atom. The van der Waals surface area contributed by atoms with Crippen molar-refractivity contribution in [1.82, 2.24) is 15.2 Å². The van der Waals surface area contributed by atoms with E-state index in [2.05, 4.69) is 31.1 Å². The van der Waals surface area contributed by atoms with Gasteiger partial charge in [-0.15, -0.1) is 11.3 Å². The summed E-state index contributed by atoms with van der Waals surface area (Å²) in [5.41, 5.74) is 1.04. The second kappa shape index (κ2) is 6.01. The quantitative estimate of drug-likeness (QED) is 0.922. The smallest absolute Gasteiger partial charge is 0.240 e. The van der Waals surface area contributed by atoms with Crippen molar-refractivity contribution in [3.8, 4) is 0 Å². The zero-order valence-corrected chi connectivity index (χ0v) is 13.0. The van der Waals surface area contributed by atoms with Crippen molar-refractivity contribution in [2.45, 2.75) is 58.7 Å². The van der Waals surface area contributed by atoms with Gasteiger partial charge in [0, 0.05) is 23.7 Å². The molecule has 2 heterocycles. The zero-order chi connectivity index (χ0) is 14.0. The number of nitrogens with one attached hydrogen (secondary N) is 1. The lowest BCUT2D eigenvalue weighted by molar-refractivity contribution is -0.138. The number of rotatable bonds is 4. The second-order valence-corrected chi connectivity index (χ2v) is 6.44. The van der Waals surface area contributed by atoms with Gasteiger partial charge >= 0.3 is 0 Å². The molecule has 106 valence electrons. The Morgan fingerprint density at radius 2 is 2.21 bits per heavy atom. The molecule has 0 bridgehead atoms. The van der Waals surface area contributed by atoms with Gasteiger partial charge in [-0.2, -0.15) is 0 Å². The molecule has 1 saturated heterocycles. The molecule has 0 spiro atoms. The Morgan fingerprint density at radius 1 is 1.47 bits per heavy atom. The highest BCUT2D eigenvalue weighted by Gasteiger charge is 2.33. The van der Waals surface area contributed by atoms with E-state index in [4.69, 9.17) is 0 Å². The standard InChI is InChI=1S/C14H23N3OS/c1-9(2)15-12-6-5-7-17(14(12)18)11(4)13-16-10(3)8-19-13/h8-9,11-12,15H,5-7H2,1-4H3. The van der Waals surface area contributed by atoms with Crippen LogP contribution in [0.1, 0.15) is 50.4 Å². The summed E-state index contributed by atoms with van der Waals surface area (Å²) in [5, 5.41) is 6.45. The number of hydrogen-bond acceptors (Lipinski definition) is 4. The monoisotopic (exact) mass is 281 g/mol. The molecule has 2 atom stereocenters. The number of amides is 1. The van der Waals surface area contributed by atoms with Gasteiger partial charge in [-0.1, -0.05) is 13.8 Å². The fourth-order valence-electron chi connectivity index (χ4n) is 2.54. The number of likely N-dealkylation sites (tertiary alicyclic amines) is 1. The van der Waals surface area contributed by atoms with Crippen molar-refractivity contribution in [3.63, 3.8) is 0 Å². The first-order valence-corrected chi connectivity index (χ1v) is 7.85. The van der Waals surface area contributed by atoms with Gasteiger partial charge in [-0.25, -0.2) is 4.98 Å². The third-order valence-corrected chi connectivity index (χ3v) is 4.60. The average molecular weight is 281 g/mol. The predicted octanol–water partition coefficient (Wildman–Crippen LogP) is 2.50. The second-order valence-electron chi connectivity index (χ2n) is 5.55. The summed E-state index contributed by atoms with van der Waals surface area (Å²) < 4.78 is 0. The highest BCUT2D eigenvalue weighted by Crippen LogP contribution is 2.27. The van der Waals surface area contributed by atoms with E-state index in [0.29, 0.717) is 6.04 Å². The molecule has 1 aromatic rings. The summed E-state index contributed by atoms with van der Waals surface area (Å²) in [5.74, 6) is 0.223. The van der Waals surface area contributed by atoms with E-state index in [9.17, 15) is 4.79 Å². The summed E-state index contributed by atoms with van der Waals surface area (Å²) in [6, 6.07) is 0.395. The van der Waals surface area contributed by atoms with Crippen LogP contribution in [0.2, 0.25) is 0 Å². The number of carbonyl (C=O) groups excluding carboxylic acids is 1. The number of aromatic nitrogens is 1. The molecule has 0 aromatic carbocycles. The first-order chi connectivity index (χ1) is 8.99. The van der Waals surface area contributed by atoms with E-state index in [1.54, 1.807) is 11.3 Å². The minimum absolute atomic E-state index is 0.0303. The van der Waals surface area contributed by atoms with Gasteiger partial charge in [0.2, 0.25) is 5.91 Å². The van der Waals surface area contributed by atoms with E-state index in [1.165, 1.54) is 0 Å². The maximum absolute atomic E-state index is 12.5. The molecule has 4 nitrogen and oxygen atoms in total. The molecule has 1 amide bonds. The van der Waals surface area contributed by atoms with Gasteiger partial charge in [0.1, 0.15) is 5.01 Å². The van der Waals surface area contributed by atoms with Crippen LogP contribution >= 0.6 is 11.3 Å². The number of aryl methyl sites for hydroxylation is 1. The largest absolute Gasteiger partial charge is 0.332 e. The first kappa shape index (κ1) is 14.5. The van der Waals surface area contributed by atoms with Crippen molar-refractivity contribution in [3.05, 3.63) is 16.1 Å². The minimum atomic E-state index is -0.0303. The van der Waals surface area contributed by atoms with Gasteiger partial charge in [0.15, 0.2) is 0 Å². The molecule has 0 radical (unpaired) electrons. The maximum Gasteiger partial charge on any atom is 0.240 e. The molecule has 0 saturated carbocycles. The van der Waals surface area contributed by atoms with Crippen LogP contribution in [0.15, 0.2) is 5.38 Å². The molecule has 5 heteroatoms. The molecule has 1 aromatic heterocycles. The molecular formula is C14H23N3OS. The summed E-state index contributed by atoms with van der Waals surface area (Å²) in [6.45, 7) is 9.08.